The lowest BCUT2D eigenvalue weighted by Gasteiger charge is -2.04. The van der Waals surface area contributed by atoms with E-state index in [0.29, 0.717) is 11.4 Å². The van der Waals surface area contributed by atoms with Gasteiger partial charge in [-0.05, 0) is 18.2 Å². The summed E-state index contributed by atoms with van der Waals surface area (Å²) in [5.74, 6) is -0.683. The molecule has 8 heteroatoms. The van der Waals surface area contributed by atoms with Gasteiger partial charge in [-0.15, -0.1) is 0 Å². The van der Waals surface area contributed by atoms with Crippen LogP contribution < -0.4 is 10.9 Å². The smallest absolute Gasteiger partial charge is 0.191 e. The fraction of sp³-hybridized carbons (Fsp3) is 0.167. The Hall–Kier alpha value is -1.92. The number of nitrogens with one attached hydrogen (secondary N) is 2. The zero-order valence-corrected chi connectivity index (χ0v) is 12.3. The number of ketones is 2. The Morgan fingerprint density at radius 1 is 0.950 bits per heavy atom. The van der Waals surface area contributed by atoms with Crippen molar-refractivity contribution in [1.82, 2.24) is 0 Å². The van der Waals surface area contributed by atoms with Crippen LogP contribution in [0.2, 0.25) is 0 Å². The van der Waals surface area contributed by atoms with E-state index in [4.69, 9.17) is 23.2 Å². The molecule has 0 saturated heterocycles. The molecule has 20 heavy (non-hydrogen) atoms. The molecular formula is C12H12Cl2N4O2. The molecule has 0 amide bonds. The number of carbonyl (C=O) groups excluding carboxylic acids is 2. The quantitative estimate of drug-likeness (QED) is 0.624. The van der Waals surface area contributed by atoms with Gasteiger partial charge < -0.3 is 0 Å². The molecule has 0 radical (unpaired) electrons. The van der Waals surface area contributed by atoms with Crippen molar-refractivity contribution in [1.29, 1.82) is 0 Å². The number of benzene rings is 1. The zero-order chi connectivity index (χ0) is 15.1. The zero-order valence-electron chi connectivity index (χ0n) is 10.8. The Bertz CT molecular complexity index is 537. The molecule has 0 atom stereocenters. The Morgan fingerprint density at radius 2 is 1.35 bits per heavy atom. The first kappa shape index (κ1) is 16.1. The van der Waals surface area contributed by atoms with Crippen molar-refractivity contribution in [3.05, 3.63) is 24.3 Å². The van der Waals surface area contributed by atoms with Gasteiger partial charge in [-0.25, -0.2) is 0 Å². The number of hydrazone groups is 2. The highest BCUT2D eigenvalue weighted by atomic mass is 35.5. The molecule has 0 aromatic heterocycles. The van der Waals surface area contributed by atoms with E-state index >= 15 is 0 Å². The molecule has 0 bridgehead atoms. The Morgan fingerprint density at radius 3 is 1.70 bits per heavy atom. The minimum Gasteiger partial charge on any atom is -0.292 e. The molecule has 0 unspecified atom stereocenters. The lowest BCUT2D eigenvalue weighted by atomic mass is 10.3. The number of halogens is 2. The van der Waals surface area contributed by atoms with Crippen LogP contribution >= 0.6 is 23.2 Å². The molecular weight excluding hydrogens is 303 g/mol. The normalized spacial score (nSPS) is 12.0. The van der Waals surface area contributed by atoms with Crippen molar-refractivity contribution in [2.24, 2.45) is 10.2 Å². The Labute approximate surface area is 125 Å². The molecule has 0 aliphatic rings. The van der Waals surface area contributed by atoms with E-state index in [1.54, 1.807) is 24.3 Å². The van der Waals surface area contributed by atoms with Crippen LogP contribution in [0.4, 0.5) is 11.4 Å². The molecule has 106 valence electrons. The number of carbonyl (C=O) groups is 2. The van der Waals surface area contributed by atoms with Gasteiger partial charge in [-0.2, -0.15) is 10.2 Å². The van der Waals surface area contributed by atoms with Crippen LogP contribution in [0.15, 0.2) is 34.5 Å². The number of rotatable bonds is 6. The van der Waals surface area contributed by atoms with Crippen LogP contribution in [0.25, 0.3) is 0 Å². The van der Waals surface area contributed by atoms with Crippen molar-refractivity contribution in [2.45, 2.75) is 13.8 Å². The summed E-state index contributed by atoms with van der Waals surface area (Å²) < 4.78 is 0. The average molecular weight is 315 g/mol. The van der Waals surface area contributed by atoms with Gasteiger partial charge in [0, 0.05) is 13.8 Å². The highest BCUT2D eigenvalue weighted by molar-refractivity contribution is 6.83. The summed E-state index contributed by atoms with van der Waals surface area (Å²) >= 11 is 11.2. The third-order valence-corrected chi connectivity index (χ3v) is 2.71. The summed E-state index contributed by atoms with van der Waals surface area (Å²) in [5, 5.41) is 7.09. The number of anilines is 2. The summed E-state index contributed by atoms with van der Waals surface area (Å²) in [6.07, 6.45) is 0. The second-order valence-electron chi connectivity index (χ2n) is 3.72. The van der Waals surface area contributed by atoms with E-state index < -0.39 is 0 Å². The van der Waals surface area contributed by atoms with Gasteiger partial charge in [0.2, 0.25) is 0 Å². The number of Topliss-reactive ketones (excluding diaryl/α,β-unsaturated/α-hetero) is 2. The standard InChI is InChI=1S/C12H12Cl2N4O2/c1-7(19)11(13)17-15-9-4-3-5-10(6-9)16-18-12(14)8(2)20/h3-6,15-16H,1-2H3/b17-11-,18-12-. The van der Waals surface area contributed by atoms with Crippen molar-refractivity contribution in [3.8, 4) is 0 Å². The highest BCUT2D eigenvalue weighted by Gasteiger charge is 2.02. The highest BCUT2D eigenvalue weighted by Crippen LogP contribution is 2.15. The fourth-order valence-electron chi connectivity index (χ4n) is 1.04. The van der Waals surface area contributed by atoms with Crippen molar-refractivity contribution in [3.63, 3.8) is 0 Å². The largest absolute Gasteiger partial charge is 0.292 e. The SMILES string of the molecule is CC(=O)/C(Cl)=N/Nc1cccc(N/N=C(\Cl)C(C)=O)c1. The van der Waals surface area contributed by atoms with Crippen molar-refractivity contribution >= 4 is 56.5 Å². The topological polar surface area (TPSA) is 82.9 Å². The number of hydrogen-bond acceptors (Lipinski definition) is 6. The van der Waals surface area contributed by atoms with E-state index in [1.165, 1.54) is 13.8 Å². The Balaban J connectivity index is 2.76. The molecule has 2 N–H and O–H groups in total. The molecule has 0 heterocycles. The first-order chi connectivity index (χ1) is 9.40. The lowest BCUT2D eigenvalue weighted by molar-refractivity contribution is -0.111. The third-order valence-electron chi connectivity index (χ3n) is 2.01. The summed E-state index contributed by atoms with van der Waals surface area (Å²) in [6, 6.07) is 6.81. The van der Waals surface area contributed by atoms with Crippen LogP contribution in [0.1, 0.15) is 13.8 Å². The van der Waals surface area contributed by atoms with E-state index in [-0.39, 0.29) is 21.9 Å². The third kappa shape index (κ3) is 5.38. The van der Waals surface area contributed by atoms with Gasteiger partial charge in [0.25, 0.3) is 0 Å². The van der Waals surface area contributed by atoms with Gasteiger partial charge in [0.15, 0.2) is 21.9 Å². The van der Waals surface area contributed by atoms with E-state index in [2.05, 4.69) is 21.1 Å². The number of hydrogen-bond donors (Lipinski definition) is 2. The molecule has 6 nitrogen and oxygen atoms in total. The van der Waals surface area contributed by atoms with Gasteiger partial charge in [-0.1, -0.05) is 29.3 Å². The van der Waals surface area contributed by atoms with E-state index in [1.807, 2.05) is 0 Å². The van der Waals surface area contributed by atoms with E-state index in [9.17, 15) is 9.59 Å². The van der Waals surface area contributed by atoms with Crippen molar-refractivity contribution in [2.75, 3.05) is 10.9 Å². The Kier molecular flexibility index (Phi) is 6.14. The summed E-state index contributed by atoms with van der Waals surface area (Å²) in [4.78, 5) is 21.8. The average Bonchev–Trinajstić information content (AvgIpc) is 2.42. The molecule has 0 aliphatic carbocycles. The lowest BCUT2D eigenvalue weighted by Crippen LogP contribution is -2.05. The van der Waals surface area contributed by atoms with Crippen LogP contribution in [0.3, 0.4) is 0 Å². The van der Waals surface area contributed by atoms with Gasteiger partial charge in [-0.3, -0.25) is 20.4 Å². The van der Waals surface area contributed by atoms with Gasteiger partial charge in [0.05, 0.1) is 11.4 Å². The number of nitrogens with zero attached hydrogens (tertiary/aromatic N) is 2. The minimum absolute atomic E-state index is 0.152. The summed E-state index contributed by atoms with van der Waals surface area (Å²) in [6.45, 7) is 2.62. The first-order valence-corrected chi connectivity index (χ1v) is 6.26. The minimum atomic E-state index is -0.341. The maximum absolute atomic E-state index is 10.9. The second-order valence-corrected chi connectivity index (χ2v) is 4.44. The molecule has 0 spiro atoms. The van der Waals surface area contributed by atoms with Crippen molar-refractivity contribution < 1.29 is 9.59 Å². The second kappa shape index (κ2) is 7.62. The molecule has 1 rings (SSSR count). The molecule has 1 aromatic carbocycles. The predicted octanol–water partition coefficient (Wildman–Crippen LogP) is 2.79. The maximum Gasteiger partial charge on any atom is 0.191 e. The van der Waals surface area contributed by atoms with E-state index in [0.717, 1.165) is 0 Å². The summed E-state index contributed by atoms with van der Waals surface area (Å²) in [5.41, 5.74) is 6.42. The molecule has 1 aromatic rings. The molecule has 0 aliphatic heterocycles. The van der Waals surface area contributed by atoms with Crippen LogP contribution in [0, 0.1) is 0 Å². The van der Waals surface area contributed by atoms with Crippen LogP contribution in [-0.4, -0.2) is 21.9 Å². The monoisotopic (exact) mass is 314 g/mol. The van der Waals surface area contributed by atoms with Gasteiger partial charge >= 0.3 is 0 Å². The van der Waals surface area contributed by atoms with Crippen LogP contribution in [0.5, 0.6) is 0 Å². The first-order valence-electron chi connectivity index (χ1n) is 5.50. The fourth-order valence-corrected chi connectivity index (χ4v) is 1.13. The van der Waals surface area contributed by atoms with Gasteiger partial charge in [0.1, 0.15) is 0 Å². The molecule has 0 fully saturated rings. The predicted molar refractivity (Wildman–Crippen MR) is 81.6 cm³/mol. The summed E-state index contributed by atoms with van der Waals surface area (Å²) in [7, 11) is 0. The molecule has 0 saturated carbocycles. The van der Waals surface area contributed by atoms with Crippen LogP contribution in [-0.2, 0) is 9.59 Å². The maximum atomic E-state index is 10.9.